The number of hydrogen-bond acceptors (Lipinski definition) is 7. The van der Waals surface area contributed by atoms with Gasteiger partial charge in [-0.1, -0.05) is 0 Å². The van der Waals surface area contributed by atoms with E-state index in [-0.39, 0.29) is 24.4 Å². The number of aliphatic carboxylic acids is 2. The molecule has 0 aliphatic carbocycles. The first-order chi connectivity index (χ1) is 11.2. The van der Waals surface area contributed by atoms with E-state index in [4.69, 9.17) is 21.7 Å². The molecule has 10 nitrogen and oxygen atoms in total. The van der Waals surface area contributed by atoms with Gasteiger partial charge in [0.2, 0.25) is 5.91 Å². The van der Waals surface area contributed by atoms with Gasteiger partial charge in [0, 0.05) is 24.3 Å². The van der Waals surface area contributed by atoms with Gasteiger partial charge in [0.05, 0.1) is 19.1 Å². The topological polar surface area (TPSA) is 179 Å². The van der Waals surface area contributed by atoms with Crippen molar-refractivity contribution < 1.29 is 29.7 Å². The Kier molecular flexibility index (Phi) is 7.11. The highest BCUT2D eigenvalue weighted by Crippen LogP contribution is 2.23. The molecule has 0 aliphatic rings. The number of rotatable bonds is 9. The van der Waals surface area contributed by atoms with Gasteiger partial charge in [-0.15, -0.1) is 0 Å². The molecule has 0 aliphatic heterocycles. The zero-order valence-electron chi connectivity index (χ0n) is 12.8. The van der Waals surface area contributed by atoms with Crippen LogP contribution in [0.3, 0.4) is 0 Å². The molecule has 0 saturated carbocycles. The Hall–Kier alpha value is -2.69. The molecule has 8 N–H and O–H groups in total. The van der Waals surface area contributed by atoms with Gasteiger partial charge in [-0.2, -0.15) is 0 Å². The van der Waals surface area contributed by atoms with Crippen LogP contribution < -0.4 is 16.8 Å². The number of carbonyl (C=O) groups is 3. The van der Waals surface area contributed by atoms with Crippen molar-refractivity contribution in [3.63, 3.8) is 0 Å². The number of nitrogens with one attached hydrogen (secondary N) is 1. The van der Waals surface area contributed by atoms with Gasteiger partial charge in [-0.05, 0) is 18.2 Å². The van der Waals surface area contributed by atoms with E-state index in [1.165, 1.54) is 18.2 Å². The van der Waals surface area contributed by atoms with Gasteiger partial charge in [-0.25, -0.2) is 0 Å². The summed E-state index contributed by atoms with van der Waals surface area (Å²) in [5.74, 6) is -3.07. The van der Waals surface area contributed by atoms with Gasteiger partial charge >= 0.3 is 11.9 Å². The van der Waals surface area contributed by atoms with Gasteiger partial charge in [0.15, 0.2) is 0 Å². The van der Waals surface area contributed by atoms with Gasteiger partial charge < -0.3 is 32.1 Å². The van der Waals surface area contributed by atoms with E-state index in [9.17, 15) is 19.5 Å². The Labute approximate surface area is 137 Å². The molecule has 1 aromatic carbocycles. The zero-order chi connectivity index (χ0) is 18.3. The molecule has 0 bridgehead atoms. The number of aromatic hydroxyl groups is 1. The number of benzene rings is 1. The van der Waals surface area contributed by atoms with Crippen LogP contribution in [0.4, 0.5) is 5.69 Å². The maximum Gasteiger partial charge on any atom is 0.317 e. The lowest BCUT2D eigenvalue weighted by molar-refractivity contribution is -0.142. The first-order valence-electron chi connectivity index (χ1n) is 6.97. The van der Waals surface area contributed by atoms with E-state index in [0.717, 1.165) is 4.90 Å². The van der Waals surface area contributed by atoms with Crippen LogP contribution in [0, 0.1) is 0 Å². The normalized spacial score (nSPS) is 12.0. The highest BCUT2D eigenvalue weighted by molar-refractivity contribution is 5.95. The Bertz CT molecular complexity index is 605. The number of nitrogens with two attached hydrogens (primary N) is 2. The zero-order valence-corrected chi connectivity index (χ0v) is 12.8. The average Bonchev–Trinajstić information content (AvgIpc) is 2.48. The average molecular weight is 340 g/mol. The second kappa shape index (κ2) is 8.82. The SMILES string of the molecule is NC[C@H](N)C(=O)Nc1ccc(O)c(CN(CC(=O)O)CC(=O)O)c1. The molecule has 1 atom stereocenters. The fourth-order valence-electron chi connectivity index (χ4n) is 1.92. The minimum absolute atomic E-state index is 0.0399. The van der Waals surface area contributed by atoms with Crippen LogP contribution in [0.15, 0.2) is 18.2 Å². The van der Waals surface area contributed by atoms with Crippen molar-refractivity contribution >= 4 is 23.5 Å². The molecule has 0 radical (unpaired) electrons. The van der Waals surface area contributed by atoms with E-state index < -0.39 is 37.0 Å². The number of carboxylic acids is 2. The van der Waals surface area contributed by atoms with Crippen molar-refractivity contribution in [3.8, 4) is 5.75 Å². The number of phenols is 1. The van der Waals surface area contributed by atoms with E-state index in [2.05, 4.69) is 5.32 Å². The second-order valence-electron chi connectivity index (χ2n) is 5.11. The Morgan fingerprint density at radius 2 is 1.75 bits per heavy atom. The molecule has 0 spiro atoms. The van der Waals surface area contributed by atoms with Crippen LogP contribution in [-0.2, 0) is 20.9 Å². The van der Waals surface area contributed by atoms with Crippen molar-refractivity contribution in [1.29, 1.82) is 0 Å². The number of hydrogen-bond donors (Lipinski definition) is 6. The highest BCUT2D eigenvalue weighted by Gasteiger charge is 2.17. The van der Waals surface area contributed by atoms with E-state index in [1.807, 2.05) is 0 Å². The third kappa shape index (κ3) is 6.20. The van der Waals surface area contributed by atoms with Crippen LogP contribution in [0.1, 0.15) is 5.56 Å². The third-order valence-corrected chi connectivity index (χ3v) is 3.05. The van der Waals surface area contributed by atoms with E-state index in [1.54, 1.807) is 0 Å². The molecular formula is C14H20N4O6. The molecule has 0 unspecified atom stereocenters. The van der Waals surface area contributed by atoms with Crippen molar-refractivity contribution in [1.82, 2.24) is 4.90 Å². The van der Waals surface area contributed by atoms with Crippen molar-refractivity contribution in [3.05, 3.63) is 23.8 Å². The Morgan fingerprint density at radius 1 is 1.17 bits per heavy atom. The fraction of sp³-hybridized carbons (Fsp3) is 0.357. The van der Waals surface area contributed by atoms with Crippen LogP contribution in [0.25, 0.3) is 0 Å². The molecule has 10 heteroatoms. The van der Waals surface area contributed by atoms with Crippen molar-refractivity contribution in [2.45, 2.75) is 12.6 Å². The maximum atomic E-state index is 11.7. The third-order valence-electron chi connectivity index (χ3n) is 3.05. The largest absolute Gasteiger partial charge is 0.508 e. The summed E-state index contributed by atoms with van der Waals surface area (Å²) >= 11 is 0. The molecule has 1 amide bonds. The Morgan fingerprint density at radius 3 is 2.25 bits per heavy atom. The minimum atomic E-state index is -1.20. The number of phenolic OH excluding ortho intramolecular Hbond substituents is 1. The molecule has 1 aromatic rings. The lowest BCUT2D eigenvalue weighted by atomic mass is 10.1. The molecule has 0 fully saturated rings. The molecule has 0 heterocycles. The van der Waals surface area contributed by atoms with Crippen molar-refractivity contribution in [2.75, 3.05) is 25.0 Å². The molecular weight excluding hydrogens is 320 g/mol. The van der Waals surface area contributed by atoms with Gasteiger partial charge in [-0.3, -0.25) is 19.3 Å². The van der Waals surface area contributed by atoms with Gasteiger partial charge in [0.25, 0.3) is 0 Å². The van der Waals surface area contributed by atoms with Crippen LogP contribution in [-0.4, -0.2) is 63.7 Å². The van der Waals surface area contributed by atoms with E-state index >= 15 is 0 Å². The second-order valence-corrected chi connectivity index (χ2v) is 5.11. The molecule has 0 aromatic heterocycles. The lowest BCUT2D eigenvalue weighted by Gasteiger charge is -2.19. The van der Waals surface area contributed by atoms with E-state index in [0.29, 0.717) is 5.69 Å². The van der Waals surface area contributed by atoms with Gasteiger partial charge in [0.1, 0.15) is 5.75 Å². The monoisotopic (exact) mass is 340 g/mol. The number of carbonyl (C=O) groups excluding carboxylic acids is 1. The minimum Gasteiger partial charge on any atom is -0.508 e. The summed E-state index contributed by atoms with van der Waals surface area (Å²) in [6.45, 7) is -1.19. The summed E-state index contributed by atoms with van der Waals surface area (Å²) in [5, 5.41) is 30.0. The predicted octanol–water partition coefficient (Wildman–Crippen LogP) is -1.41. The highest BCUT2D eigenvalue weighted by atomic mass is 16.4. The molecule has 132 valence electrons. The standard InChI is InChI=1S/C14H20N4O6/c15-4-10(16)14(24)17-9-1-2-11(19)8(3-9)5-18(6-12(20)21)7-13(22)23/h1-3,10,19H,4-7,15-16H2,(H,17,24)(H,20,21)(H,22,23)/t10-/m0/s1. The quantitative estimate of drug-likeness (QED) is 0.294. The van der Waals surface area contributed by atoms with Crippen LogP contribution in [0.5, 0.6) is 5.75 Å². The Balaban J connectivity index is 2.92. The number of carboxylic acid groups (broad SMARTS) is 2. The summed E-state index contributed by atoms with van der Waals surface area (Å²) in [4.78, 5) is 34.4. The summed E-state index contributed by atoms with van der Waals surface area (Å²) in [6, 6.07) is 3.25. The predicted molar refractivity (Wildman–Crippen MR) is 84.3 cm³/mol. The molecule has 1 rings (SSSR count). The summed E-state index contributed by atoms with van der Waals surface area (Å²) in [6.07, 6.45) is 0. The maximum absolute atomic E-state index is 11.7. The number of anilines is 1. The fourth-order valence-corrected chi connectivity index (χ4v) is 1.92. The summed E-state index contributed by atoms with van der Waals surface area (Å²) in [5.41, 5.74) is 11.4. The first kappa shape index (κ1) is 19.4. The molecule has 24 heavy (non-hydrogen) atoms. The summed E-state index contributed by atoms with van der Waals surface area (Å²) in [7, 11) is 0. The smallest absolute Gasteiger partial charge is 0.317 e. The first-order valence-corrected chi connectivity index (χ1v) is 6.97. The van der Waals surface area contributed by atoms with Crippen LogP contribution >= 0.6 is 0 Å². The summed E-state index contributed by atoms with van der Waals surface area (Å²) < 4.78 is 0. The van der Waals surface area contributed by atoms with Crippen molar-refractivity contribution in [2.24, 2.45) is 11.5 Å². The lowest BCUT2D eigenvalue weighted by Crippen LogP contribution is -2.41. The van der Waals surface area contributed by atoms with Crippen LogP contribution in [0.2, 0.25) is 0 Å². The molecule has 0 saturated heterocycles. The number of nitrogens with zero attached hydrogens (tertiary/aromatic N) is 1. The number of amides is 1.